The van der Waals surface area contributed by atoms with Crippen LogP contribution >= 0.6 is 15.6 Å². The molecule has 0 heterocycles. The van der Waals surface area contributed by atoms with Gasteiger partial charge in [-0.3, -0.25) is 32.5 Å². The molecule has 4 N–H and O–H groups in total. The maximum absolute atomic E-state index is 12.9. The summed E-state index contributed by atoms with van der Waals surface area (Å²) in [6, 6.07) is 0. The van der Waals surface area contributed by atoms with Gasteiger partial charge < -0.3 is 34.2 Å². The minimum Gasteiger partial charge on any atom is -0.463 e. The summed E-state index contributed by atoms with van der Waals surface area (Å²) in [6.07, 6.45) is 99.5. The van der Waals surface area contributed by atoms with Gasteiger partial charge in [-0.15, -0.1) is 0 Å². The molecule has 103 heavy (non-hydrogen) atoms. The summed E-state index contributed by atoms with van der Waals surface area (Å²) in [5, 5.41) is 20.6. The molecule has 0 aromatic carbocycles. The van der Waals surface area contributed by atoms with Crippen LogP contribution in [0.3, 0.4) is 0 Å². The van der Waals surface area contributed by atoms with Crippen LogP contribution in [0.4, 0.5) is 0 Å². The van der Waals surface area contributed by atoms with Crippen molar-refractivity contribution in [2.45, 2.75) is 283 Å². The smallest absolute Gasteiger partial charge is 0.463 e. The molecular weight excluding hydrogens is 1340 g/mol. The molecule has 0 aromatic heterocycles. The molecule has 0 bridgehead atoms. The zero-order chi connectivity index (χ0) is 75.2. The topological polar surface area (TPSA) is 231 Å². The summed E-state index contributed by atoms with van der Waals surface area (Å²) in [6.45, 7) is 2.21. The van der Waals surface area contributed by atoms with Gasteiger partial charge in [0.1, 0.15) is 25.4 Å². The second-order valence-corrected chi connectivity index (χ2v) is 27.9. The van der Waals surface area contributed by atoms with Crippen LogP contribution in [0.5, 0.6) is 0 Å². The van der Waals surface area contributed by atoms with Crippen LogP contribution in [0.25, 0.3) is 0 Å². The van der Waals surface area contributed by atoms with Crippen molar-refractivity contribution < 1.29 is 75.8 Å². The summed E-state index contributed by atoms with van der Waals surface area (Å²) in [4.78, 5) is 58.5. The third-order valence-corrected chi connectivity index (χ3v) is 17.2. The predicted octanol–water partition coefficient (Wildman–Crippen LogP) is 22.8. The highest BCUT2D eigenvalue weighted by Gasteiger charge is 2.29. The average molecular weight is 1480 g/mol. The zero-order valence-corrected chi connectivity index (χ0v) is 65.2. The number of allylic oxidation sites excluding steroid dienone is 32. The van der Waals surface area contributed by atoms with E-state index in [9.17, 15) is 43.5 Å². The fourth-order valence-corrected chi connectivity index (χ4v) is 11.1. The lowest BCUT2D eigenvalue weighted by atomic mass is 10.0. The number of phosphoric acid groups is 2. The van der Waals surface area contributed by atoms with E-state index in [1.165, 1.54) is 83.5 Å². The minimum atomic E-state index is -4.98. The van der Waals surface area contributed by atoms with Crippen molar-refractivity contribution in [3.63, 3.8) is 0 Å². The first-order chi connectivity index (χ1) is 50.2. The highest BCUT2D eigenvalue weighted by Crippen LogP contribution is 2.45. The molecule has 0 fully saturated rings. The van der Waals surface area contributed by atoms with Crippen molar-refractivity contribution in [1.82, 2.24) is 0 Å². The number of hydrogen-bond donors (Lipinski definition) is 4. The molecule has 16 nitrogen and oxygen atoms in total. The van der Waals surface area contributed by atoms with Crippen molar-refractivity contribution in [3.8, 4) is 0 Å². The minimum absolute atomic E-state index is 0.0209. The van der Waals surface area contributed by atoms with Crippen LogP contribution in [-0.4, -0.2) is 95.9 Å². The van der Waals surface area contributed by atoms with E-state index in [0.717, 1.165) is 109 Å². The van der Waals surface area contributed by atoms with E-state index >= 15 is 0 Å². The molecule has 0 saturated heterocycles. The Morgan fingerprint density at radius 3 is 0.874 bits per heavy atom. The summed E-state index contributed by atoms with van der Waals surface area (Å²) in [5.41, 5.74) is 0. The molecule has 0 amide bonds. The molecule has 0 saturated carbocycles. The van der Waals surface area contributed by atoms with Gasteiger partial charge >= 0.3 is 33.6 Å². The van der Waals surface area contributed by atoms with Gasteiger partial charge in [-0.25, -0.2) is 9.13 Å². The number of aliphatic hydroxyl groups is 2. The van der Waals surface area contributed by atoms with Crippen LogP contribution in [0, 0.1) is 0 Å². The Hall–Kier alpha value is -5.61. The van der Waals surface area contributed by atoms with Gasteiger partial charge in [0.2, 0.25) is 0 Å². The molecule has 582 valence electrons. The maximum atomic E-state index is 12.9. The largest absolute Gasteiger partial charge is 0.472 e. The summed E-state index contributed by atoms with van der Waals surface area (Å²) in [5.74, 6) is -1.79. The SMILES string of the molecule is CC/C=C\C/C=C\C/C=C\C/C=C\C/C=C\C/C=C\CCC(=O)OCC(COP(=O)(O)OCC(O)COP(=O)(O)OCC(O)COC(=O)CCCCCCCCCCCCCCC/C=C\C/C=C\C/C=C\C/C=C\CCCCC)OC(=O)CC/C=C\C/C=C\C/C=C\C/C=C\C/C=C\C/C=C\CC. The summed E-state index contributed by atoms with van der Waals surface area (Å²) in [7, 11) is -9.85. The molecule has 0 radical (unpaired) electrons. The van der Waals surface area contributed by atoms with Gasteiger partial charge in [-0.1, -0.05) is 299 Å². The maximum Gasteiger partial charge on any atom is 0.472 e. The van der Waals surface area contributed by atoms with E-state index in [4.69, 9.17) is 32.3 Å². The Kier molecular flexibility index (Phi) is 71.9. The molecule has 0 aliphatic heterocycles. The van der Waals surface area contributed by atoms with Gasteiger partial charge in [0.05, 0.1) is 26.4 Å². The van der Waals surface area contributed by atoms with Crippen molar-refractivity contribution >= 4 is 33.6 Å². The van der Waals surface area contributed by atoms with Crippen LogP contribution in [-0.2, 0) is 55.8 Å². The monoisotopic (exact) mass is 1470 g/mol. The standard InChI is InChI=1S/C85H136O16P2/c1-4-7-10-13-16-19-22-25-28-31-34-35-36-37-38-39-40-41-42-43-46-48-50-53-56-59-62-65-68-71-83(88)95-74-80(86)75-97-102(91,92)98-76-81(87)77-99-103(93,94)100-79-82(101-85(90)73-70-67-64-61-58-55-52-49-45-33-30-27-24-21-18-15-12-9-6-3)78-96-84(89)72-69-66-63-60-57-54-51-47-44-32-29-26-23-20-17-14-11-8-5-2/h8-9,11-12,16-21,25-30,34-35,37-38,44-45,47,49,54-55,57-58,63-64,66-67,80-82,86-87H,4-7,10,13-15,22-24,31-33,36,39-43,46,48,50-53,56,59-62,65,68-79H2,1-3H3,(H,91,92)(H,93,94)/b11-8-,12-9-,19-16-,20-17-,21-18-,28-25-,29-26-,30-27-,35-34-,38-37-,47-44-,49-45-,57-54-,58-55-,66-63-,67-64-. The van der Waals surface area contributed by atoms with E-state index < -0.39 is 91.5 Å². The molecule has 0 aliphatic carbocycles. The first-order valence-electron chi connectivity index (χ1n) is 38.7. The molecule has 0 spiro atoms. The number of carbonyl (C=O) groups is 3. The first-order valence-corrected chi connectivity index (χ1v) is 41.7. The Morgan fingerprint density at radius 2 is 0.534 bits per heavy atom. The number of ether oxygens (including phenoxy) is 3. The Morgan fingerprint density at radius 1 is 0.282 bits per heavy atom. The van der Waals surface area contributed by atoms with Crippen molar-refractivity contribution in [3.05, 3.63) is 194 Å². The zero-order valence-electron chi connectivity index (χ0n) is 63.4. The van der Waals surface area contributed by atoms with Crippen molar-refractivity contribution in [1.29, 1.82) is 0 Å². The van der Waals surface area contributed by atoms with Crippen LogP contribution in [0.1, 0.15) is 265 Å². The predicted molar refractivity (Wildman–Crippen MR) is 426 cm³/mol. The van der Waals surface area contributed by atoms with Crippen molar-refractivity contribution in [2.75, 3.05) is 39.6 Å². The van der Waals surface area contributed by atoms with E-state index in [1.54, 1.807) is 0 Å². The number of hydrogen-bond acceptors (Lipinski definition) is 14. The fourth-order valence-electron chi connectivity index (χ4n) is 9.49. The lowest BCUT2D eigenvalue weighted by Crippen LogP contribution is -2.29. The highest BCUT2D eigenvalue weighted by molar-refractivity contribution is 7.47. The third-order valence-electron chi connectivity index (χ3n) is 15.3. The van der Waals surface area contributed by atoms with Gasteiger partial charge in [-0.2, -0.15) is 0 Å². The number of esters is 3. The Labute approximate surface area is 623 Å². The second kappa shape index (κ2) is 76.1. The molecule has 18 heteroatoms. The molecule has 0 aliphatic rings. The number of carbonyl (C=O) groups excluding carboxylic acids is 3. The van der Waals surface area contributed by atoms with Crippen LogP contribution in [0.15, 0.2) is 194 Å². The van der Waals surface area contributed by atoms with Gasteiger partial charge in [-0.05, 0) is 141 Å². The number of phosphoric ester groups is 2. The van der Waals surface area contributed by atoms with Gasteiger partial charge in [0.25, 0.3) is 0 Å². The quantitative estimate of drug-likeness (QED) is 0.0146. The van der Waals surface area contributed by atoms with E-state index in [0.29, 0.717) is 32.1 Å². The second-order valence-electron chi connectivity index (χ2n) is 25.0. The Balaban J connectivity index is 4.69. The first kappa shape index (κ1) is 97.4. The lowest BCUT2D eigenvalue weighted by molar-refractivity contribution is -0.161. The molecule has 5 unspecified atom stereocenters. The van der Waals surface area contributed by atoms with E-state index in [-0.39, 0.29) is 19.3 Å². The summed E-state index contributed by atoms with van der Waals surface area (Å²) >= 11 is 0. The van der Waals surface area contributed by atoms with E-state index in [1.807, 2.05) is 36.5 Å². The van der Waals surface area contributed by atoms with Gasteiger partial charge in [0.15, 0.2) is 6.10 Å². The average Bonchev–Trinajstić information content (AvgIpc) is 0.939. The Bertz CT molecular complexity index is 2650. The molecular formula is C85H136O16P2. The van der Waals surface area contributed by atoms with Crippen molar-refractivity contribution in [2.24, 2.45) is 0 Å². The summed E-state index contributed by atoms with van der Waals surface area (Å²) < 4.78 is 60.9. The normalized spacial score (nSPS) is 15.1. The van der Waals surface area contributed by atoms with E-state index in [2.05, 4.69) is 179 Å². The lowest BCUT2D eigenvalue weighted by Gasteiger charge is -2.21. The third kappa shape index (κ3) is 77.3. The molecule has 0 rings (SSSR count). The number of rotatable bonds is 71. The highest BCUT2D eigenvalue weighted by atomic mass is 31.2. The van der Waals surface area contributed by atoms with Gasteiger partial charge in [0, 0.05) is 19.3 Å². The number of unbranched alkanes of at least 4 members (excludes halogenated alkanes) is 16. The molecule has 5 atom stereocenters. The van der Waals surface area contributed by atoms with Crippen LogP contribution < -0.4 is 0 Å². The fraction of sp³-hybridized carbons (Fsp3) is 0.588. The van der Waals surface area contributed by atoms with Crippen LogP contribution in [0.2, 0.25) is 0 Å². The molecule has 0 aromatic rings. The number of aliphatic hydroxyl groups excluding tert-OH is 2.